The number of benzene rings is 2. The minimum atomic E-state index is -0.240. The van der Waals surface area contributed by atoms with Crippen LogP contribution in [0.4, 0.5) is 10.2 Å². The first-order chi connectivity index (χ1) is 12.1. The molecule has 2 heterocycles. The quantitative estimate of drug-likeness (QED) is 0.765. The Bertz CT molecular complexity index is 915. The van der Waals surface area contributed by atoms with E-state index in [1.54, 1.807) is 12.3 Å². The Morgan fingerprint density at radius 3 is 2.92 bits per heavy atom. The molecule has 0 saturated carbocycles. The molecule has 1 aliphatic heterocycles. The minimum Gasteiger partial charge on any atom is -0.488 e. The van der Waals surface area contributed by atoms with Gasteiger partial charge in [0.25, 0.3) is 0 Å². The first-order valence-electron chi connectivity index (χ1n) is 8.44. The summed E-state index contributed by atoms with van der Waals surface area (Å²) in [5, 5.41) is 5.08. The van der Waals surface area contributed by atoms with Crippen LogP contribution in [0.1, 0.15) is 12.0 Å². The van der Waals surface area contributed by atoms with E-state index in [0.717, 1.165) is 47.2 Å². The number of hydrogen-bond donors (Lipinski definition) is 2. The van der Waals surface area contributed by atoms with Crippen molar-refractivity contribution in [3.8, 4) is 16.9 Å². The minimum absolute atomic E-state index is 0.106. The summed E-state index contributed by atoms with van der Waals surface area (Å²) < 4.78 is 20.7. The van der Waals surface area contributed by atoms with Gasteiger partial charge in [-0.15, -0.1) is 0 Å². The summed E-state index contributed by atoms with van der Waals surface area (Å²) >= 11 is 0. The maximum atomic E-state index is 14.5. The molecule has 0 radical (unpaired) electrons. The van der Waals surface area contributed by atoms with Gasteiger partial charge in [0, 0.05) is 29.1 Å². The molecule has 1 atom stereocenters. The monoisotopic (exact) mass is 337 g/mol. The number of pyridine rings is 1. The molecular formula is C20H20FN3O. The zero-order chi connectivity index (χ0) is 17.4. The van der Waals surface area contributed by atoms with Gasteiger partial charge in [0.15, 0.2) is 0 Å². The molecule has 0 spiro atoms. The highest BCUT2D eigenvalue weighted by molar-refractivity contribution is 5.94. The number of nitrogens with zero attached hydrogens (tertiary/aromatic N) is 1. The number of halogens is 1. The van der Waals surface area contributed by atoms with Gasteiger partial charge in [0.2, 0.25) is 0 Å². The van der Waals surface area contributed by atoms with Crippen molar-refractivity contribution in [1.29, 1.82) is 0 Å². The number of hydrogen-bond acceptors (Lipinski definition) is 4. The van der Waals surface area contributed by atoms with Crippen molar-refractivity contribution in [2.24, 2.45) is 0 Å². The van der Waals surface area contributed by atoms with Crippen molar-refractivity contribution in [3.63, 3.8) is 0 Å². The van der Waals surface area contributed by atoms with Gasteiger partial charge in [-0.2, -0.15) is 0 Å². The highest BCUT2D eigenvalue weighted by Crippen LogP contribution is 2.36. The van der Waals surface area contributed by atoms with Crippen LogP contribution in [0.2, 0.25) is 0 Å². The third-order valence-electron chi connectivity index (χ3n) is 4.64. The number of rotatable bonds is 3. The topological polar surface area (TPSA) is 60.2 Å². The van der Waals surface area contributed by atoms with E-state index in [1.807, 2.05) is 31.2 Å². The molecule has 4 rings (SSSR count). The van der Waals surface area contributed by atoms with Crippen molar-refractivity contribution in [2.45, 2.75) is 19.4 Å². The van der Waals surface area contributed by atoms with Crippen LogP contribution in [0.5, 0.6) is 5.75 Å². The summed E-state index contributed by atoms with van der Waals surface area (Å²) in [6.45, 7) is 3.66. The molecule has 0 amide bonds. The normalized spacial score (nSPS) is 17.1. The predicted octanol–water partition coefficient (Wildman–Crippen LogP) is 3.67. The van der Waals surface area contributed by atoms with Crippen LogP contribution in [0, 0.1) is 12.7 Å². The molecule has 4 nitrogen and oxygen atoms in total. The number of nitrogen functional groups attached to an aromatic ring is 1. The fourth-order valence-corrected chi connectivity index (χ4v) is 3.39. The smallest absolute Gasteiger partial charge is 0.131 e. The molecule has 3 N–H and O–H groups in total. The fourth-order valence-electron chi connectivity index (χ4n) is 3.39. The fraction of sp³-hybridized carbons (Fsp3) is 0.250. The van der Waals surface area contributed by atoms with Crippen molar-refractivity contribution in [1.82, 2.24) is 10.3 Å². The van der Waals surface area contributed by atoms with Gasteiger partial charge in [0.05, 0.1) is 0 Å². The van der Waals surface area contributed by atoms with E-state index in [0.29, 0.717) is 11.4 Å². The molecule has 3 aromatic rings. The highest BCUT2D eigenvalue weighted by Gasteiger charge is 2.19. The number of ether oxygens (including phenoxy) is 1. The van der Waals surface area contributed by atoms with Crippen LogP contribution in [0.15, 0.2) is 42.6 Å². The van der Waals surface area contributed by atoms with Crippen molar-refractivity contribution < 1.29 is 9.13 Å². The van der Waals surface area contributed by atoms with E-state index >= 15 is 0 Å². The maximum absolute atomic E-state index is 14.5. The molecule has 0 bridgehead atoms. The Morgan fingerprint density at radius 1 is 1.28 bits per heavy atom. The summed E-state index contributed by atoms with van der Waals surface area (Å²) in [5.74, 6) is 0.922. The van der Waals surface area contributed by atoms with E-state index in [2.05, 4.69) is 10.3 Å². The van der Waals surface area contributed by atoms with Gasteiger partial charge in [-0.1, -0.05) is 12.1 Å². The van der Waals surface area contributed by atoms with Crippen LogP contribution in [0.3, 0.4) is 0 Å². The second-order valence-corrected chi connectivity index (χ2v) is 6.47. The Balaban J connectivity index is 1.89. The van der Waals surface area contributed by atoms with Gasteiger partial charge in [0.1, 0.15) is 23.5 Å². The van der Waals surface area contributed by atoms with Gasteiger partial charge in [-0.3, -0.25) is 0 Å². The molecule has 1 aliphatic rings. The SMILES string of the molecule is Cc1cccc(F)c1-c1cc(OC2CCNC2)c2cc(N)ncc2c1. The zero-order valence-electron chi connectivity index (χ0n) is 14.1. The van der Waals surface area contributed by atoms with Crippen molar-refractivity contribution in [3.05, 3.63) is 54.0 Å². The van der Waals surface area contributed by atoms with Crippen LogP contribution in [0.25, 0.3) is 21.9 Å². The first-order valence-corrected chi connectivity index (χ1v) is 8.44. The Kier molecular flexibility index (Phi) is 4.01. The molecular weight excluding hydrogens is 317 g/mol. The number of nitrogens with one attached hydrogen (secondary N) is 1. The summed E-state index contributed by atoms with van der Waals surface area (Å²) in [7, 11) is 0. The van der Waals surface area contributed by atoms with Gasteiger partial charge in [-0.25, -0.2) is 9.37 Å². The third kappa shape index (κ3) is 3.03. The standard InChI is InChI=1S/C20H20FN3O/c1-12-3-2-4-17(21)20(12)13-7-14-10-24-19(22)9-16(14)18(8-13)25-15-5-6-23-11-15/h2-4,7-10,15,23H,5-6,11H2,1H3,(H2,22,24). The second kappa shape index (κ2) is 6.33. The second-order valence-electron chi connectivity index (χ2n) is 6.47. The van der Waals surface area contributed by atoms with E-state index < -0.39 is 0 Å². The average molecular weight is 337 g/mol. The Labute approximate surface area is 145 Å². The lowest BCUT2D eigenvalue weighted by molar-refractivity contribution is 0.226. The van der Waals surface area contributed by atoms with E-state index in [9.17, 15) is 4.39 Å². The van der Waals surface area contributed by atoms with Crippen molar-refractivity contribution >= 4 is 16.6 Å². The van der Waals surface area contributed by atoms with Crippen molar-refractivity contribution in [2.75, 3.05) is 18.8 Å². The van der Waals surface area contributed by atoms with Gasteiger partial charge < -0.3 is 15.8 Å². The van der Waals surface area contributed by atoms with E-state index in [-0.39, 0.29) is 11.9 Å². The van der Waals surface area contributed by atoms with E-state index in [1.165, 1.54) is 6.07 Å². The molecule has 128 valence electrons. The van der Waals surface area contributed by atoms with Gasteiger partial charge in [-0.05, 0) is 55.3 Å². The molecule has 1 unspecified atom stereocenters. The lowest BCUT2D eigenvalue weighted by atomic mass is 9.97. The molecule has 0 aliphatic carbocycles. The average Bonchev–Trinajstić information content (AvgIpc) is 3.08. The first kappa shape index (κ1) is 15.8. The number of anilines is 1. The summed E-state index contributed by atoms with van der Waals surface area (Å²) in [6.07, 6.45) is 2.77. The Morgan fingerprint density at radius 2 is 2.16 bits per heavy atom. The zero-order valence-corrected chi connectivity index (χ0v) is 14.1. The lowest BCUT2D eigenvalue weighted by Gasteiger charge is -2.17. The van der Waals surface area contributed by atoms with Crippen LogP contribution < -0.4 is 15.8 Å². The lowest BCUT2D eigenvalue weighted by Crippen LogP contribution is -2.19. The molecule has 5 heteroatoms. The molecule has 25 heavy (non-hydrogen) atoms. The predicted molar refractivity (Wildman–Crippen MR) is 98.2 cm³/mol. The summed E-state index contributed by atoms with van der Waals surface area (Å²) in [6, 6.07) is 10.8. The molecule has 2 aromatic carbocycles. The van der Waals surface area contributed by atoms with E-state index in [4.69, 9.17) is 10.5 Å². The van der Waals surface area contributed by atoms with Crippen LogP contribution in [-0.2, 0) is 0 Å². The third-order valence-corrected chi connectivity index (χ3v) is 4.64. The molecule has 1 saturated heterocycles. The molecule has 1 fully saturated rings. The number of aromatic nitrogens is 1. The van der Waals surface area contributed by atoms with Crippen LogP contribution in [-0.4, -0.2) is 24.2 Å². The summed E-state index contributed by atoms with van der Waals surface area (Å²) in [5.41, 5.74) is 8.13. The largest absolute Gasteiger partial charge is 0.488 e. The molecule has 1 aromatic heterocycles. The van der Waals surface area contributed by atoms with Crippen LogP contribution >= 0.6 is 0 Å². The Hall–Kier alpha value is -2.66. The van der Waals surface area contributed by atoms with Gasteiger partial charge >= 0.3 is 0 Å². The number of fused-ring (bicyclic) bond motifs is 1. The number of aryl methyl sites for hydroxylation is 1. The summed E-state index contributed by atoms with van der Waals surface area (Å²) in [4.78, 5) is 4.18. The highest BCUT2D eigenvalue weighted by atomic mass is 19.1. The number of nitrogens with two attached hydrogens (primary N) is 1. The maximum Gasteiger partial charge on any atom is 0.131 e.